The van der Waals surface area contributed by atoms with Crippen molar-refractivity contribution in [2.75, 3.05) is 27.2 Å². The Morgan fingerprint density at radius 1 is 1.18 bits per heavy atom. The van der Waals surface area contributed by atoms with Gasteiger partial charge in [-0.05, 0) is 70.2 Å². The van der Waals surface area contributed by atoms with E-state index in [1.54, 1.807) is 35.7 Å². The summed E-state index contributed by atoms with van der Waals surface area (Å²) in [7, 11) is 3.91. The molecule has 0 spiro atoms. The van der Waals surface area contributed by atoms with E-state index in [1.807, 2.05) is 44.1 Å². The number of carbonyl (C=O) groups excluding carboxylic acids is 2. The number of likely N-dealkylation sites (tertiary alicyclic amines) is 1. The summed E-state index contributed by atoms with van der Waals surface area (Å²) in [6, 6.07) is 10.1. The van der Waals surface area contributed by atoms with Crippen molar-refractivity contribution < 1.29 is 14.7 Å². The SMILES string of the molecule is Cc1nc2c(C)cccn2c1C(O)=C1C(=O)C(=O)N(CCCN(C)C)[C@H]1c1cccc(Cl)c1. The van der Waals surface area contributed by atoms with Crippen molar-refractivity contribution in [1.82, 2.24) is 19.2 Å². The van der Waals surface area contributed by atoms with Gasteiger partial charge in [0.2, 0.25) is 0 Å². The molecule has 1 atom stereocenters. The average Bonchev–Trinajstić information content (AvgIpc) is 3.23. The summed E-state index contributed by atoms with van der Waals surface area (Å²) in [6.45, 7) is 4.85. The van der Waals surface area contributed by atoms with Crippen LogP contribution in [0.2, 0.25) is 5.02 Å². The number of hydrogen-bond donors (Lipinski definition) is 1. The molecule has 8 heteroatoms. The second kappa shape index (κ2) is 9.00. The number of aliphatic hydroxyl groups excluding tert-OH is 1. The van der Waals surface area contributed by atoms with E-state index in [2.05, 4.69) is 4.98 Å². The predicted octanol–water partition coefficient (Wildman–Crippen LogP) is 3.98. The Hall–Kier alpha value is -3.16. The second-order valence-electron chi connectivity index (χ2n) is 8.63. The molecule has 1 aromatic carbocycles. The number of fused-ring (bicyclic) bond motifs is 1. The number of carbonyl (C=O) groups is 2. The van der Waals surface area contributed by atoms with Crippen molar-refractivity contribution in [3.8, 4) is 0 Å². The fraction of sp³-hybridized carbons (Fsp3) is 0.320. The number of ketones is 1. The first-order valence-corrected chi connectivity index (χ1v) is 11.2. The van der Waals surface area contributed by atoms with E-state index in [4.69, 9.17) is 11.6 Å². The summed E-state index contributed by atoms with van der Waals surface area (Å²) in [5, 5.41) is 12.0. The van der Waals surface area contributed by atoms with Gasteiger partial charge in [0.1, 0.15) is 11.3 Å². The number of hydrogen-bond acceptors (Lipinski definition) is 5. The first-order valence-electron chi connectivity index (χ1n) is 10.8. The molecule has 2 aromatic heterocycles. The molecule has 7 nitrogen and oxygen atoms in total. The highest BCUT2D eigenvalue weighted by Gasteiger charge is 2.46. The molecular formula is C25H27ClN4O3. The Labute approximate surface area is 197 Å². The molecule has 3 heterocycles. The third-order valence-electron chi connectivity index (χ3n) is 5.95. The molecule has 1 aliphatic rings. The lowest BCUT2D eigenvalue weighted by Gasteiger charge is -2.26. The van der Waals surface area contributed by atoms with Crippen LogP contribution in [-0.2, 0) is 9.59 Å². The van der Waals surface area contributed by atoms with Crippen LogP contribution in [-0.4, -0.2) is 63.2 Å². The van der Waals surface area contributed by atoms with Crippen LogP contribution >= 0.6 is 11.6 Å². The molecule has 1 amide bonds. The minimum atomic E-state index is -0.736. The molecule has 4 rings (SSSR count). The largest absolute Gasteiger partial charge is 0.505 e. The summed E-state index contributed by atoms with van der Waals surface area (Å²) < 4.78 is 1.76. The van der Waals surface area contributed by atoms with E-state index in [-0.39, 0.29) is 11.3 Å². The Balaban J connectivity index is 1.90. The zero-order valence-corrected chi connectivity index (χ0v) is 19.9. The van der Waals surface area contributed by atoms with E-state index in [1.165, 1.54) is 4.90 Å². The minimum absolute atomic E-state index is 0.0542. The maximum atomic E-state index is 13.3. The number of Topliss-reactive ketones (excluding diaryl/α,β-unsaturated/α-hetero) is 1. The van der Waals surface area contributed by atoms with Crippen molar-refractivity contribution in [2.45, 2.75) is 26.3 Å². The van der Waals surface area contributed by atoms with Crippen molar-refractivity contribution in [3.63, 3.8) is 0 Å². The van der Waals surface area contributed by atoms with Crippen molar-refractivity contribution in [2.24, 2.45) is 0 Å². The van der Waals surface area contributed by atoms with E-state index in [0.717, 1.165) is 12.1 Å². The van der Waals surface area contributed by atoms with Gasteiger partial charge in [-0.15, -0.1) is 0 Å². The Morgan fingerprint density at radius 2 is 1.94 bits per heavy atom. The number of amides is 1. The van der Waals surface area contributed by atoms with Crippen molar-refractivity contribution in [1.29, 1.82) is 0 Å². The van der Waals surface area contributed by atoms with Crippen LogP contribution in [0.4, 0.5) is 0 Å². The molecule has 33 heavy (non-hydrogen) atoms. The molecule has 0 unspecified atom stereocenters. The third-order valence-corrected chi connectivity index (χ3v) is 6.19. The topological polar surface area (TPSA) is 78.1 Å². The monoisotopic (exact) mass is 466 g/mol. The molecule has 3 aromatic rings. The lowest BCUT2D eigenvalue weighted by atomic mass is 9.96. The molecule has 0 saturated carbocycles. The molecule has 1 aliphatic heterocycles. The molecular weight excluding hydrogens is 440 g/mol. The van der Waals surface area contributed by atoms with Crippen molar-refractivity contribution in [3.05, 3.63) is 75.7 Å². The molecule has 1 saturated heterocycles. The fourth-order valence-corrected chi connectivity index (χ4v) is 4.62. The molecule has 172 valence electrons. The lowest BCUT2D eigenvalue weighted by molar-refractivity contribution is -0.139. The molecule has 1 fully saturated rings. The summed E-state index contributed by atoms with van der Waals surface area (Å²) in [5.41, 5.74) is 3.35. The maximum Gasteiger partial charge on any atom is 0.295 e. The lowest BCUT2D eigenvalue weighted by Crippen LogP contribution is -2.32. The standard InChI is InChI=1S/C25H27ClN4O3/c1-15-8-6-12-29-20(16(2)27-24(15)29)22(31)19-21(17-9-5-10-18(26)14-17)30(25(33)23(19)32)13-7-11-28(3)4/h5-6,8-10,12,14,21,31H,7,11,13H2,1-4H3/t21-/m0/s1. The van der Waals surface area contributed by atoms with E-state index in [0.29, 0.717) is 40.6 Å². The van der Waals surface area contributed by atoms with E-state index < -0.39 is 17.7 Å². The summed E-state index contributed by atoms with van der Waals surface area (Å²) >= 11 is 6.25. The number of imidazole rings is 1. The van der Waals surface area contributed by atoms with Gasteiger partial charge in [0.25, 0.3) is 11.7 Å². The number of halogens is 1. The van der Waals surface area contributed by atoms with Gasteiger partial charge in [0.05, 0.1) is 17.3 Å². The van der Waals surface area contributed by atoms with E-state index >= 15 is 0 Å². The average molecular weight is 467 g/mol. The van der Waals surface area contributed by atoms with Gasteiger partial charge in [0.15, 0.2) is 5.76 Å². The maximum absolute atomic E-state index is 13.3. The van der Waals surface area contributed by atoms with Gasteiger partial charge in [0, 0.05) is 17.8 Å². The zero-order valence-electron chi connectivity index (χ0n) is 19.2. The predicted molar refractivity (Wildman–Crippen MR) is 128 cm³/mol. The number of rotatable bonds is 6. The highest BCUT2D eigenvalue weighted by molar-refractivity contribution is 6.46. The number of aryl methyl sites for hydroxylation is 2. The number of aromatic nitrogens is 2. The minimum Gasteiger partial charge on any atom is -0.505 e. The Morgan fingerprint density at radius 3 is 2.64 bits per heavy atom. The van der Waals surface area contributed by atoms with Crippen LogP contribution in [0.5, 0.6) is 0 Å². The van der Waals surface area contributed by atoms with Crippen molar-refractivity contribution >= 4 is 34.7 Å². The van der Waals surface area contributed by atoms with Gasteiger partial charge in [-0.1, -0.05) is 29.8 Å². The number of nitrogens with zero attached hydrogens (tertiary/aromatic N) is 4. The van der Waals surface area contributed by atoms with Gasteiger partial charge in [-0.2, -0.15) is 0 Å². The number of benzene rings is 1. The Kier molecular flexibility index (Phi) is 6.28. The van der Waals surface area contributed by atoms with Crippen LogP contribution in [0.25, 0.3) is 11.4 Å². The van der Waals surface area contributed by atoms with Crippen LogP contribution in [0, 0.1) is 13.8 Å². The van der Waals surface area contributed by atoms with Gasteiger partial charge in [-0.3, -0.25) is 14.0 Å². The van der Waals surface area contributed by atoms with Crippen LogP contribution in [0.3, 0.4) is 0 Å². The summed E-state index contributed by atoms with van der Waals surface area (Å²) in [5.74, 6) is -1.56. The van der Waals surface area contributed by atoms with Gasteiger partial charge in [-0.25, -0.2) is 4.98 Å². The smallest absolute Gasteiger partial charge is 0.295 e. The van der Waals surface area contributed by atoms with Crippen LogP contribution in [0.1, 0.15) is 35.0 Å². The molecule has 0 radical (unpaired) electrons. The Bertz CT molecular complexity index is 1280. The molecule has 0 aliphatic carbocycles. The highest BCUT2D eigenvalue weighted by Crippen LogP contribution is 2.40. The first-order chi connectivity index (χ1) is 15.7. The normalized spacial score (nSPS) is 18.1. The first kappa shape index (κ1) is 23.0. The van der Waals surface area contributed by atoms with Crippen LogP contribution in [0.15, 0.2) is 48.2 Å². The number of pyridine rings is 1. The summed E-state index contributed by atoms with van der Waals surface area (Å²) in [6.07, 6.45) is 2.48. The zero-order chi connectivity index (χ0) is 23.9. The quantitative estimate of drug-likeness (QED) is 0.338. The summed E-state index contributed by atoms with van der Waals surface area (Å²) in [4.78, 5) is 34.5. The van der Waals surface area contributed by atoms with Gasteiger partial charge >= 0.3 is 0 Å². The third kappa shape index (κ3) is 4.14. The molecule has 0 bridgehead atoms. The second-order valence-corrected chi connectivity index (χ2v) is 9.07. The van der Waals surface area contributed by atoms with Gasteiger partial charge < -0.3 is 14.9 Å². The van der Waals surface area contributed by atoms with Crippen LogP contribution < -0.4 is 0 Å². The number of aliphatic hydroxyl groups is 1. The molecule has 1 N–H and O–H groups in total. The fourth-order valence-electron chi connectivity index (χ4n) is 4.42. The highest BCUT2D eigenvalue weighted by atomic mass is 35.5. The van der Waals surface area contributed by atoms with E-state index in [9.17, 15) is 14.7 Å².